The number of hydrogen-bond acceptors (Lipinski definition) is 3. The Kier molecular flexibility index (Phi) is 6.04. The lowest BCUT2D eigenvalue weighted by Crippen LogP contribution is -2.30. The van der Waals surface area contributed by atoms with Crippen molar-refractivity contribution < 1.29 is 13.2 Å². The summed E-state index contributed by atoms with van der Waals surface area (Å²) in [6, 6.07) is 22.9. The van der Waals surface area contributed by atoms with Crippen LogP contribution in [-0.4, -0.2) is 31.7 Å². The molecular formula is C27H28N2O3S. The van der Waals surface area contributed by atoms with E-state index in [9.17, 15) is 13.2 Å². The minimum absolute atomic E-state index is 0.0484. The minimum Gasteiger partial charge on any atom is -0.345 e. The van der Waals surface area contributed by atoms with Crippen LogP contribution in [0, 0.1) is 0 Å². The van der Waals surface area contributed by atoms with Gasteiger partial charge >= 0.3 is 0 Å². The molecule has 5 nitrogen and oxygen atoms in total. The maximum Gasteiger partial charge on any atom is 0.251 e. The fraction of sp³-hybridized carbons (Fsp3) is 0.296. The van der Waals surface area contributed by atoms with E-state index in [2.05, 4.69) is 23.5 Å². The minimum atomic E-state index is -3.41. The molecule has 1 N–H and O–H groups in total. The van der Waals surface area contributed by atoms with Gasteiger partial charge in [-0.15, -0.1) is 0 Å². The molecule has 0 aromatic heterocycles. The Morgan fingerprint density at radius 2 is 1.45 bits per heavy atom. The average molecular weight is 461 g/mol. The number of amides is 1. The fourth-order valence-electron chi connectivity index (χ4n) is 4.86. The number of benzene rings is 3. The molecule has 1 saturated heterocycles. The molecule has 2 aliphatic rings. The summed E-state index contributed by atoms with van der Waals surface area (Å²) in [5, 5.41) is 3.19. The number of nitrogens with one attached hydrogen (secondary N) is 1. The molecule has 5 rings (SSSR count). The molecule has 1 fully saturated rings. The van der Waals surface area contributed by atoms with Gasteiger partial charge in [-0.25, -0.2) is 8.42 Å². The first-order valence-electron chi connectivity index (χ1n) is 11.6. The quantitative estimate of drug-likeness (QED) is 0.586. The summed E-state index contributed by atoms with van der Waals surface area (Å²) in [6.45, 7) is 1.19. The summed E-state index contributed by atoms with van der Waals surface area (Å²) in [5.41, 5.74) is 5.02. The Morgan fingerprint density at radius 3 is 2.15 bits per heavy atom. The lowest BCUT2D eigenvalue weighted by atomic mass is 9.87. The molecule has 170 valence electrons. The third-order valence-corrected chi connectivity index (χ3v) is 8.63. The molecule has 33 heavy (non-hydrogen) atoms. The van der Waals surface area contributed by atoms with Crippen LogP contribution in [0.5, 0.6) is 0 Å². The molecule has 1 atom stereocenters. The zero-order valence-electron chi connectivity index (χ0n) is 18.5. The highest BCUT2D eigenvalue weighted by Gasteiger charge is 2.27. The second kappa shape index (κ2) is 9.12. The van der Waals surface area contributed by atoms with Crippen LogP contribution in [0.4, 0.5) is 0 Å². The molecule has 0 spiro atoms. The molecule has 1 aliphatic carbocycles. The molecule has 3 aromatic rings. The first-order valence-corrected chi connectivity index (χ1v) is 13.1. The Labute approximate surface area is 195 Å². The van der Waals surface area contributed by atoms with E-state index in [1.807, 2.05) is 42.5 Å². The van der Waals surface area contributed by atoms with Crippen LogP contribution < -0.4 is 5.32 Å². The van der Waals surface area contributed by atoms with E-state index in [-0.39, 0.29) is 11.9 Å². The van der Waals surface area contributed by atoms with Crippen LogP contribution in [0.25, 0.3) is 11.1 Å². The van der Waals surface area contributed by atoms with Gasteiger partial charge < -0.3 is 5.32 Å². The normalized spacial score (nSPS) is 18.6. The van der Waals surface area contributed by atoms with Crippen molar-refractivity contribution in [1.82, 2.24) is 9.62 Å². The summed E-state index contributed by atoms with van der Waals surface area (Å²) in [5.74, 6) is -0.0738. The maximum atomic E-state index is 12.9. The van der Waals surface area contributed by atoms with Crippen LogP contribution >= 0.6 is 0 Å². The number of hydrogen-bond donors (Lipinski definition) is 1. The smallest absolute Gasteiger partial charge is 0.251 e. The fourth-order valence-corrected chi connectivity index (χ4v) is 6.37. The Bertz CT molecular complexity index is 1250. The van der Waals surface area contributed by atoms with Gasteiger partial charge in [0.15, 0.2) is 0 Å². The van der Waals surface area contributed by atoms with Crippen molar-refractivity contribution in [2.75, 3.05) is 13.1 Å². The number of nitrogens with zero attached hydrogens (tertiary/aromatic N) is 1. The predicted octanol–water partition coefficient (Wildman–Crippen LogP) is 4.95. The lowest BCUT2D eigenvalue weighted by molar-refractivity contribution is 0.0932. The largest absolute Gasteiger partial charge is 0.345 e. The molecule has 0 saturated carbocycles. The predicted molar refractivity (Wildman–Crippen MR) is 129 cm³/mol. The molecule has 1 aliphatic heterocycles. The van der Waals surface area contributed by atoms with Gasteiger partial charge in [0.05, 0.1) is 10.9 Å². The Hall–Kier alpha value is -2.96. The van der Waals surface area contributed by atoms with Crippen molar-refractivity contribution in [3.8, 4) is 11.1 Å². The zero-order chi connectivity index (χ0) is 22.8. The molecule has 0 unspecified atom stereocenters. The maximum absolute atomic E-state index is 12.9. The van der Waals surface area contributed by atoms with E-state index in [0.29, 0.717) is 23.5 Å². The van der Waals surface area contributed by atoms with Gasteiger partial charge in [-0.2, -0.15) is 4.31 Å². The van der Waals surface area contributed by atoms with Gasteiger partial charge in [-0.3, -0.25) is 4.79 Å². The van der Waals surface area contributed by atoms with Crippen molar-refractivity contribution in [3.05, 3.63) is 89.5 Å². The Morgan fingerprint density at radius 1 is 0.818 bits per heavy atom. The van der Waals surface area contributed by atoms with Gasteiger partial charge in [0, 0.05) is 18.7 Å². The van der Waals surface area contributed by atoms with E-state index in [1.165, 1.54) is 11.1 Å². The van der Waals surface area contributed by atoms with E-state index in [0.717, 1.165) is 43.2 Å². The number of carbonyl (C=O) groups is 1. The second-order valence-corrected chi connectivity index (χ2v) is 10.8. The summed E-state index contributed by atoms with van der Waals surface area (Å²) in [7, 11) is -3.41. The van der Waals surface area contributed by atoms with Crippen molar-refractivity contribution >= 4 is 15.9 Å². The number of rotatable bonds is 5. The standard InChI is InChI=1S/C27H28N2O3S/c30-27(28-26-9-5-7-22-6-1-2-8-25(22)26)23-12-10-20(11-13-23)21-14-16-24(17-15-21)33(31,32)29-18-3-4-19-29/h1-2,6,8,10-17,26H,3-5,7,9,18-19H2,(H,28,30)/t26-/m1/s1. The molecule has 0 bridgehead atoms. The third kappa shape index (κ3) is 4.45. The van der Waals surface area contributed by atoms with Gasteiger partial charge in [-0.1, -0.05) is 48.5 Å². The van der Waals surface area contributed by atoms with Gasteiger partial charge in [0.2, 0.25) is 10.0 Å². The molecule has 0 radical (unpaired) electrons. The van der Waals surface area contributed by atoms with Crippen molar-refractivity contribution in [1.29, 1.82) is 0 Å². The van der Waals surface area contributed by atoms with E-state index < -0.39 is 10.0 Å². The number of sulfonamides is 1. The van der Waals surface area contributed by atoms with E-state index in [4.69, 9.17) is 0 Å². The molecule has 1 heterocycles. The monoisotopic (exact) mass is 460 g/mol. The van der Waals surface area contributed by atoms with Gasteiger partial charge in [0.1, 0.15) is 0 Å². The van der Waals surface area contributed by atoms with E-state index in [1.54, 1.807) is 16.4 Å². The van der Waals surface area contributed by atoms with Crippen LogP contribution in [-0.2, 0) is 16.4 Å². The topological polar surface area (TPSA) is 66.5 Å². The number of aryl methyl sites for hydroxylation is 1. The van der Waals surface area contributed by atoms with Crippen molar-refractivity contribution in [2.24, 2.45) is 0 Å². The zero-order valence-corrected chi connectivity index (χ0v) is 19.4. The molecule has 1 amide bonds. The average Bonchev–Trinajstić information content (AvgIpc) is 3.41. The number of fused-ring (bicyclic) bond motifs is 1. The van der Waals surface area contributed by atoms with Crippen LogP contribution in [0.2, 0.25) is 0 Å². The van der Waals surface area contributed by atoms with Crippen molar-refractivity contribution in [2.45, 2.75) is 43.0 Å². The van der Waals surface area contributed by atoms with Gasteiger partial charge in [-0.05, 0) is 78.6 Å². The highest BCUT2D eigenvalue weighted by Crippen LogP contribution is 2.30. The van der Waals surface area contributed by atoms with Crippen LogP contribution in [0.1, 0.15) is 53.2 Å². The van der Waals surface area contributed by atoms with E-state index >= 15 is 0 Å². The number of carbonyl (C=O) groups excluding carboxylic acids is 1. The second-order valence-electron chi connectivity index (χ2n) is 8.83. The SMILES string of the molecule is O=C(N[C@@H]1CCCc2ccccc21)c1ccc(-c2ccc(S(=O)(=O)N3CCCC3)cc2)cc1. The van der Waals surface area contributed by atoms with Crippen LogP contribution in [0.3, 0.4) is 0 Å². The summed E-state index contributed by atoms with van der Waals surface area (Å²) < 4.78 is 27.0. The molecule has 6 heteroatoms. The summed E-state index contributed by atoms with van der Waals surface area (Å²) in [6.07, 6.45) is 4.93. The Balaban J connectivity index is 1.28. The first kappa shape index (κ1) is 21.9. The highest BCUT2D eigenvalue weighted by molar-refractivity contribution is 7.89. The first-order chi connectivity index (χ1) is 16.0. The summed E-state index contributed by atoms with van der Waals surface area (Å²) in [4.78, 5) is 13.2. The third-order valence-electron chi connectivity index (χ3n) is 6.71. The van der Waals surface area contributed by atoms with Gasteiger partial charge in [0.25, 0.3) is 5.91 Å². The lowest BCUT2D eigenvalue weighted by Gasteiger charge is -2.26. The summed E-state index contributed by atoms with van der Waals surface area (Å²) >= 11 is 0. The van der Waals surface area contributed by atoms with Crippen molar-refractivity contribution in [3.63, 3.8) is 0 Å². The molecular weight excluding hydrogens is 432 g/mol. The van der Waals surface area contributed by atoms with Crippen LogP contribution in [0.15, 0.2) is 77.7 Å². The molecule has 3 aromatic carbocycles. The highest BCUT2D eigenvalue weighted by atomic mass is 32.2.